The third-order valence-corrected chi connectivity index (χ3v) is 3.63. The first-order chi connectivity index (χ1) is 7.84. The Morgan fingerprint density at radius 3 is 2.06 bits per heavy atom. The zero-order valence-electron chi connectivity index (χ0n) is 8.84. The topological polar surface area (TPSA) is 0 Å². The Morgan fingerprint density at radius 2 is 1.44 bits per heavy atom. The lowest BCUT2D eigenvalue weighted by Crippen LogP contribution is -1.97. The number of rotatable bonds is 4. The largest absolute Gasteiger partial charge is 0.110 e. The molecule has 16 heavy (non-hydrogen) atoms. The van der Waals surface area contributed by atoms with Gasteiger partial charge in [-0.05, 0) is 24.1 Å². The van der Waals surface area contributed by atoms with Crippen LogP contribution >= 0.6 is 23.4 Å². The minimum Gasteiger partial charge on any atom is -0.110 e. The first kappa shape index (κ1) is 11.6. The van der Waals surface area contributed by atoms with Crippen molar-refractivity contribution in [1.29, 1.82) is 0 Å². The molecule has 0 fully saturated rings. The summed E-state index contributed by atoms with van der Waals surface area (Å²) in [7, 11) is 0. The van der Waals surface area contributed by atoms with E-state index in [9.17, 15) is 0 Å². The van der Waals surface area contributed by atoms with E-state index >= 15 is 0 Å². The predicted molar refractivity (Wildman–Crippen MR) is 72.1 cm³/mol. The average Bonchev–Trinajstić information content (AvgIpc) is 2.31. The van der Waals surface area contributed by atoms with Crippen molar-refractivity contribution in [2.75, 3.05) is 0 Å². The lowest BCUT2D eigenvalue weighted by Gasteiger charge is -2.08. The quantitative estimate of drug-likeness (QED) is 0.564. The van der Waals surface area contributed by atoms with E-state index in [4.69, 9.17) is 11.6 Å². The number of hydrogen-bond acceptors (Lipinski definition) is 1. The van der Waals surface area contributed by atoms with E-state index < -0.39 is 0 Å². The van der Waals surface area contributed by atoms with Gasteiger partial charge in [-0.25, -0.2) is 0 Å². The second-order valence-corrected chi connectivity index (χ2v) is 5.59. The van der Waals surface area contributed by atoms with Gasteiger partial charge in [0.2, 0.25) is 0 Å². The van der Waals surface area contributed by atoms with Crippen LogP contribution in [0.4, 0.5) is 0 Å². The SMILES string of the molecule is ClC(Cc1ccccc1)Sc1ccccc1. The fourth-order valence-corrected chi connectivity index (χ4v) is 2.86. The van der Waals surface area contributed by atoms with Crippen molar-refractivity contribution in [3.05, 3.63) is 66.2 Å². The molecular weight excluding hydrogens is 236 g/mol. The molecule has 2 heteroatoms. The van der Waals surface area contributed by atoms with Gasteiger partial charge in [-0.1, -0.05) is 48.5 Å². The van der Waals surface area contributed by atoms with Crippen molar-refractivity contribution in [3.63, 3.8) is 0 Å². The maximum Gasteiger partial charge on any atom is 0.0876 e. The lowest BCUT2D eigenvalue weighted by molar-refractivity contribution is 1.09. The summed E-state index contributed by atoms with van der Waals surface area (Å²) < 4.78 is 0.0878. The Kier molecular flexibility index (Phi) is 4.32. The minimum atomic E-state index is 0.0878. The molecule has 0 spiro atoms. The summed E-state index contributed by atoms with van der Waals surface area (Å²) in [6.45, 7) is 0. The lowest BCUT2D eigenvalue weighted by atomic mass is 10.2. The van der Waals surface area contributed by atoms with E-state index in [0.717, 1.165) is 6.42 Å². The summed E-state index contributed by atoms with van der Waals surface area (Å²) in [6, 6.07) is 20.6. The second kappa shape index (κ2) is 5.97. The van der Waals surface area contributed by atoms with Gasteiger partial charge in [0.05, 0.1) is 4.71 Å². The van der Waals surface area contributed by atoms with Gasteiger partial charge < -0.3 is 0 Å². The Hall–Kier alpha value is -0.920. The van der Waals surface area contributed by atoms with Crippen LogP contribution < -0.4 is 0 Å². The van der Waals surface area contributed by atoms with Crippen LogP contribution in [0.15, 0.2) is 65.6 Å². The van der Waals surface area contributed by atoms with Gasteiger partial charge in [0, 0.05) is 4.90 Å². The predicted octanol–water partition coefficient (Wildman–Crippen LogP) is 4.59. The molecule has 0 aliphatic rings. The summed E-state index contributed by atoms with van der Waals surface area (Å²) in [5.74, 6) is 0. The van der Waals surface area contributed by atoms with Crippen molar-refractivity contribution in [1.82, 2.24) is 0 Å². The molecule has 2 rings (SSSR count). The molecule has 0 heterocycles. The van der Waals surface area contributed by atoms with Gasteiger partial charge in [0.25, 0.3) is 0 Å². The molecule has 0 aromatic heterocycles. The number of benzene rings is 2. The first-order valence-electron chi connectivity index (χ1n) is 5.24. The van der Waals surface area contributed by atoms with Crippen LogP contribution in [0.25, 0.3) is 0 Å². The third kappa shape index (κ3) is 3.58. The second-order valence-electron chi connectivity index (χ2n) is 3.53. The Bertz CT molecular complexity index is 372. The van der Waals surface area contributed by atoms with Gasteiger partial charge in [-0.2, -0.15) is 0 Å². The van der Waals surface area contributed by atoms with Gasteiger partial charge >= 0.3 is 0 Å². The highest BCUT2D eigenvalue weighted by Crippen LogP contribution is 2.27. The highest BCUT2D eigenvalue weighted by Gasteiger charge is 2.07. The standard InChI is InChI=1S/C14H13ClS/c15-14(11-12-7-3-1-4-8-12)16-13-9-5-2-6-10-13/h1-10,14H,11H2. The summed E-state index contributed by atoms with van der Waals surface area (Å²) >= 11 is 8.02. The number of hydrogen-bond donors (Lipinski definition) is 0. The van der Waals surface area contributed by atoms with Crippen molar-refractivity contribution >= 4 is 23.4 Å². The van der Waals surface area contributed by atoms with Gasteiger partial charge in [0.15, 0.2) is 0 Å². The monoisotopic (exact) mass is 248 g/mol. The smallest absolute Gasteiger partial charge is 0.0876 e. The maximum atomic E-state index is 6.31. The fraction of sp³-hybridized carbons (Fsp3) is 0.143. The summed E-state index contributed by atoms with van der Waals surface area (Å²) in [6.07, 6.45) is 0.891. The van der Waals surface area contributed by atoms with Crippen molar-refractivity contribution < 1.29 is 0 Å². The Labute approximate surface area is 106 Å². The van der Waals surface area contributed by atoms with Gasteiger partial charge in [-0.15, -0.1) is 23.4 Å². The molecule has 82 valence electrons. The van der Waals surface area contributed by atoms with Crippen LogP contribution in [-0.4, -0.2) is 4.71 Å². The van der Waals surface area contributed by atoms with Gasteiger partial charge in [0.1, 0.15) is 0 Å². The average molecular weight is 249 g/mol. The number of thioether (sulfide) groups is 1. The number of halogens is 1. The van der Waals surface area contributed by atoms with Crippen LogP contribution in [0.3, 0.4) is 0 Å². The summed E-state index contributed by atoms with van der Waals surface area (Å²) in [4.78, 5) is 1.22. The molecule has 2 aromatic carbocycles. The van der Waals surface area contributed by atoms with Crippen molar-refractivity contribution in [3.8, 4) is 0 Å². The molecule has 2 aromatic rings. The van der Waals surface area contributed by atoms with Crippen molar-refractivity contribution in [2.24, 2.45) is 0 Å². The highest BCUT2D eigenvalue weighted by molar-refractivity contribution is 8.01. The third-order valence-electron chi connectivity index (χ3n) is 2.25. The van der Waals surface area contributed by atoms with Crippen LogP contribution in [0.2, 0.25) is 0 Å². The van der Waals surface area contributed by atoms with Gasteiger partial charge in [-0.3, -0.25) is 0 Å². The van der Waals surface area contributed by atoms with Crippen LogP contribution in [0.1, 0.15) is 5.56 Å². The molecule has 0 saturated carbocycles. The molecule has 0 aliphatic carbocycles. The van der Waals surface area contributed by atoms with Crippen molar-refractivity contribution in [2.45, 2.75) is 16.0 Å². The number of alkyl halides is 1. The normalized spacial score (nSPS) is 12.3. The van der Waals surface area contributed by atoms with E-state index in [1.54, 1.807) is 11.8 Å². The van der Waals surface area contributed by atoms with Crippen LogP contribution in [-0.2, 0) is 6.42 Å². The molecule has 0 aliphatic heterocycles. The molecule has 0 bridgehead atoms. The zero-order valence-corrected chi connectivity index (χ0v) is 10.4. The van der Waals surface area contributed by atoms with E-state index in [2.05, 4.69) is 24.3 Å². The molecule has 0 radical (unpaired) electrons. The molecular formula is C14H13ClS. The minimum absolute atomic E-state index is 0.0878. The molecule has 0 nitrogen and oxygen atoms in total. The highest BCUT2D eigenvalue weighted by atomic mass is 35.5. The molecule has 1 atom stereocenters. The molecule has 0 amide bonds. The van der Waals surface area contributed by atoms with E-state index in [-0.39, 0.29) is 4.71 Å². The van der Waals surface area contributed by atoms with E-state index in [0.29, 0.717) is 0 Å². The molecule has 1 unspecified atom stereocenters. The fourth-order valence-electron chi connectivity index (χ4n) is 1.49. The van der Waals surface area contributed by atoms with Crippen LogP contribution in [0, 0.1) is 0 Å². The first-order valence-corrected chi connectivity index (χ1v) is 6.56. The molecule has 0 saturated heterocycles. The molecule has 0 N–H and O–H groups in total. The van der Waals surface area contributed by atoms with E-state index in [1.807, 2.05) is 36.4 Å². The maximum absolute atomic E-state index is 6.31. The summed E-state index contributed by atoms with van der Waals surface area (Å²) in [5.41, 5.74) is 1.28. The Balaban J connectivity index is 1.92. The summed E-state index contributed by atoms with van der Waals surface area (Å²) in [5, 5.41) is 0. The Morgan fingerprint density at radius 1 is 0.875 bits per heavy atom. The zero-order chi connectivity index (χ0) is 11.2. The van der Waals surface area contributed by atoms with Crippen LogP contribution in [0.5, 0.6) is 0 Å². The van der Waals surface area contributed by atoms with E-state index in [1.165, 1.54) is 10.5 Å².